The first-order chi connectivity index (χ1) is 11.4. The highest BCUT2D eigenvalue weighted by atomic mass is 16.4. The third-order valence-electron chi connectivity index (χ3n) is 3.86. The molecule has 3 amide bonds. The van der Waals surface area contributed by atoms with Crippen LogP contribution in [0.1, 0.15) is 43.5 Å². The van der Waals surface area contributed by atoms with E-state index in [1.54, 1.807) is 29.2 Å². The van der Waals surface area contributed by atoms with Crippen molar-refractivity contribution in [1.29, 1.82) is 0 Å². The van der Waals surface area contributed by atoms with Gasteiger partial charge in [0, 0.05) is 29.9 Å². The van der Waals surface area contributed by atoms with Crippen LogP contribution >= 0.6 is 0 Å². The van der Waals surface area contributed by atoms with Crippen molar-refractivity contribution in [3.8, 4) is 0 Å². The molecule has 130 valence electrons. The molecule has 0 radical (unpaired) electrons. The number of amides is 3. The summed E-state index contributed by atoms with van der Waals surface area (Å²) in [6.45, 7) is 4.31. The third-order valence-corrected chi connectivity index (χ3v) is 3.86. The lowest BCUT2D eigenvalue weighted by molar-refractivity contribution is -0.137. The third kappa shape index (κ3) is 4.71. The summed E-state index contributed by atoms with van der Waals surface area (Å²) in [7, 11) is 0. The quantitative estimate of drug-likeness (QED) is 0.770. The molecule has 1 aromatic carbocycles. The van der Waals surface area contributed by atoms with Gasteiger partial charge in [0.2, 0.25) is 0 Å². The van der Waals surface area contributed by atoms with Gasteiger partial charge in [-0.05, 0) is 51.0 Å². The lowest BCUT2D eigenvalue weighted by atomic mass is 10.1. The van der Waals surface area contributed by atoms with Crippen molar-refractivity contribution in [1.82, 2.24) is 10.2 Å². The summed E-state index contributed by atoms with van der Waals surface area (Å²) in [4.78, 5) is 36.7. The fraction of sp³-hybridized carbons (Fsp3) is 0.471. The SMILES string of the molecule is CC(C)NC(=O)Nc1ccc(C(=O)N2CCCC2CC(=O)O)cc1. The van der Waals surface area contributed by atoms with Gasteiger partial charge in [0.1, 0.15) is 0 Å². The summed E-state index contributed by atoms with van der Waals surface area (Å²) >= 11 is 0. The van der Waals surface area contributed by atoms with E-state index in [1.165, 1.54) is 0 Å². The Morgan fingerprint density at radius 2 is 1.92 bits per heavy atom. The first kappa shape index (κ1) is 17.8. The molecule has 0 spiro atoms. The molecule has 1 saturated heterocycles. The van der Waals surface area contributed by atoms with Gasteiger partial charge in [-0.3, -0.25) is 9.59 Å². The van der Waals surface area contributed by atoms with Crippen LogP contribution in [0.3, 0.4) is 0 Å². The lowest BCUT2D eigenvalue weighted by Gasteiger charge is -2.23. The maximum absolute atomic E-state index is 12.6. The van der Waals surface area contributed by atoms with Crippen molar-refractivity contribution in [2.75, 3.05) is 11.9 Å². The van der Waals surface area contributed by atoms with E-state index < -0.39 is 5.97 Å². The van der Waals surface area contributed by atoms with Crippen molar-refractivity contribution in [2.24, 2.45) is 0 Å². The van der Waals surface area contributed by atoms with Crippen LogP contribution in [0.15, 0.2) is 24.3 Å². The van der Waals surface area contributed by atoms with Crippen LogP contribution in [0.5, 0.6) is 0 Å². The first-order valence-electron chi connectivity index (χ1n) is 8.07. The Labute approximate surface area is 141 Å². The van der Waals surface area contributed by atoms with Crippen LogP contribution in [0.4, 0.5) is 10.5 Å². The molecule has 1 fully saturated rings. The van der Waals surface area contributed by atoms with Crippen molar-refractivity contribution in [3.05, 3.63) is 29.8 Å². The number of likely N-dealkylation sites (tertiary alicyclic amines) is 1. The maximum atomic E-state index is 12.6. The second-order valence-electron chi connectivity index (χ2n) is 6.22. The Morgan fingerprint density at radius 1 is 1.25 bits per heavy atom. The highest BCUT2D eigenvalue weighted by Gasteiger charge is 2.30. The first-order valence-corrected chi connectivity index (χ1v) is 8.07. The monoisotopic (exact) mass is 333 g/mol. The number of carbonyl (C=O) groups excluding carboxylic acids is 2. The number of benzene rings is 1. The van der Waals surface area contributed by atoms with Crippen molar-refractivity contribution in [2.45, 2.75) is 45.2 Å². The molecule has 24 heavy (non-hydrogen) atoms. The molecular weight excluding hydrogens is 310 g/mol. The molecule has 0 aliphatic carbocycles. The maximum Gasteiger partial charge on any atom is 0.319 e. The van der Waals surface area contributed by atoms with E-state index in [0.29, 0.717) is 24.2 Å². The van der Waals surface area contributed by atoms with Gasteiger partial charge in [0.15, 0.2) is 0 Å². The smallest absolute Gasteiger partial charge is 0.319 e. The van der Waals surface area contributed by atoms with Crippen LogP contribution in [-0.4, -0.2) is 46.5 Å². The fourth-order valence-corrected chi connectivity index (χ4v) is 2.81. The molecule has 0 bridgehead atoms. The van der Waals surface area contributed by atoms with Gasteiger partial charge in [0.05, 0.1) is 6.42 Å². The molecule has 1 heterocycles. The van der Waals surface area contributed by atoms with E-state index in [1.807, 2.05) is 13.8 Å². The highest BCUT2D eigenvalue weighted by molar-refractivity contribution is 5.96. The van der Waals surface area contributed by atoms with E-state index >= 15 is 0 Å². The zero-order valence-corrected chi connectivity index (χ0v) is 13.9. The van der Waals surface area contributed by atoms with Gasteiger partial charge in [-0.25, -0.2) is 4.79 Å². The van der Waals surface area contributed by atoms with Gasteiger partial charge < -0.3 is 20.6 Å². The predicted octanol–water partition coefficient (Wildman–Crippen LogP) is 2.30. The number of carboxylic acids is 1. The van der Waals surface area contributed by atoms with E-state index in [4.69, 9.17) is 5.11 Å². The molecule has 1 unspecified atom stereocenters. The molecule has 1 atom stereocenters. The lowest BCUT2D eigenvalue weighted by Crippen LogP contribution is -2.36. The normalized spacial score (nSPS) is 17.0. The van der Waals surface area contributed by atoms with E-state index in [9.17, 15) is 14.4 Å². The van der Waals surface area contributed by atoms with Crippen LogP contribution in [0.2, 0.25) is 0 Å². The summed E-state index contributed by atoms with van der Waals surface area (Å²) in [5.74, 6) is -1.06. The second-order valence-corrected chi connectivity index (χ2v) is 6.22. The zero-order chi connectivity index (χ0) is 17.7. The van der Waals surface area contributed by atoms with Gasteiger partial charge in [0.25, 0.3) is 5.91 Å². The number of nitrogens with zero attached hydrogens (tertiary/aromatic N) is 1. The van der Waals surface area contributed by atoms with Gasteiger partial charge in [-0.1, -0.05) is 0 Å². The number of nitrogens with one attached hydrogen (secondary N) is 2. The van der Waals surface area contributed by atoms with Crippen LogP contribution in [-0.2, 0) is 4.79 Å². The molecule has 3 N–H and O–H groups in total. The number of aliphatic carboxylic acids is 1. The van der Waals surface area contributed by atoms with Gasteiger partial charge in [-0.2, -0.15) is 0 Å². The van der Waals surface area contributed by atoms with Crippen molar-refractivity contribution < 1.29 is 19.5 Å². The summed E-state index contributed by atoms with van der Waals surface area (Å²) in [6.07, 6.45) is 1.51. The van der Waals surface area contributed by atoms with Crippen LogP contribution in [0, 0.1) is 0 Å². The molecule has 0 aromatic heterocycles. The molecule has 7 nitrogen and oxygen atoms in total. The number of urea groups is 1. The second kappa shape index (κ2) is 7.81. The summed E-state index contributed by atoms with van der Waals surface area (Å²) < 4.78 is 0. The average molecular weight is 333 g/mol. The minimum Gasteiger partial charge on any atom is -0.481 e. The Kier molecular flexibility index (Phi) is 5.78. The Hall–Kier alpha value is -2.57. The average Bonchev–Trinajstić information content (AvgIpc) is 2.93. The Bertz CT molecular complexity index is 613. The van der Waals surface area contributed by atoms with E-state index in [2.05, 4.69) is 10.6 Å². The standard InChI is InChI=1S/C17H23N3O4/c1-11(2)18-17(24)19-13-7-5-12(6-8-13)16(23)20-9-3-4-14(20)10-15(21)22/h5-8,11,14H,3-4,9-10H2,1-2H3,(H,21,22)(H2,18,19,24). The largest absolute Gasteiger partial charge is 0.481 e. The molecule has 0 saturated carbocycles. The Morgan fingerprint density at radius 3 is 2.50 bits per heavy atom. The van der Waals surface area contributed by atoms with Crippen molar-refractivity contribution >= 4 is 23.6 Å². The number of hydrogen-bond acceptors (Lipinski definition) is 3. The number of carboxylic acid groups (broad SMARTS) is 1. The molecular formula is C17H23N3O4. The predicted molar refractivity (Wildman–Crippen MR) is 90.0 cm³/mol. The van der Waals surface area contributed by atoms with E-state index in [0.717, 1.165) is 6.42 Å². The van der Waals surface area contributed by atoms with Crippen molar-refractivity contribution in [3.63, 3.8) is 0 Å². The van der Waals surface area contributed by atoms with Crippen LogP contribution < -0.4 is 10.6 Å². The molecule has 1 aliphatic heterocycles. The molecule has 1 aromatic rings. The number of rotatable bonds is 5. The number of hydrogen-bond donors (Lipinski definition) is 3. The number of carbonyl (C=O) groups is 3. The minimum atomic E-state index is -0.893. The Balaban J connectivity index is 2.00. The van der Waals surface area contributed by atoms with Gasteiger partial charge in [-0.15, -0.1) is 0 Å². The molecule has 7 heteroatoms. The fourth-order valence-electron chi connectivity index (χ4n) is 2.81. The minimum absolute atomic E-state index is 0.0270. The molecule has 1 aliphatic rings. The zero-order valence-electron chi connectivity index (χ0n) is 13.9. The van der Waals surface area contributed by atoms with Gasteiger partial charge >= 0.3 is 12.0 Å². The topological polar surface area (TPSA) is 98.7 Å². The molecule has 2 rings (SSSR count). The highest BCUT2D eigenvalue weighted by Crippen LogP contribution is 2.23. The van der Waals surface area contributed by atoms with Crippen LogP contribution in [0.25, 0.3) is 0 Å². The summed E-state index contributed by atoms with van der Waals surface area (Å²) in [5, 5.41) is 14.4. The summed E-state index contributed by atoms with van der Waals surface area (Å²) in [6, 6.07) is 6.10. The summed E-state index contributed by atoms with van der Waals surface area (Å²) in [5.41, 5.74) is 1.08. The number of anilines is 1. The van der Waals surface area contributed by atoms with E-state index in [-0.39, 0.29) is 30.4 Å².